The Morgan fingerprint density at radius 2 is 0.525 bits per heavy atom. The summed E-state index contributed by atoms with van der Waals surface area (Å²) in [5.74, 6) is -0.850. The van der Waals surface area contributed by atoms with Crippen LogP contribution in [-0.4, -0.2) is 0 Å². The normalized spacial score (nSPS) is 11.4. The fourth-order valence-corrected chi connectivity index (χ4v) is 5.50. The molecule has 6 aromatic rings. The van der Waals surface area contributed by atoms with Gasteiger partial charge < -0.3 is 0 Å². The lowest BCUT2D eigenvalue weighted by atomic mass is 9.65. The van der Waals surface area contributed by atoms with Crippen molar-refractivity contribution in [1.29, 1.82) is 0 Å². The van der Waals surface area contributed by atoms with E-state index >= 15 is 0 Å². The van der Waals surface area contributed by atoms with Crippen LogP contribution >= 0.6 is 0 Å². The Labute approximate surface area is 232 Å². The summed E-state index contributed by atoms with van der Waals surface area (Å²) in [6.07, 6.45) is 0. The van der Waals surface area contributed by atoms with Crippen molar-refractivity contribution in [2.75, 3.05) is 0 Å². The molecule has 6 aromatic carbocycles. The van der Waals surface area contributed by atoms with Crippen molar-refractivity contribution < 1.29 is 13.2 Å². The average Bonchev–Trinajstić information content (AvgIpc) is 3.00. The second-order valence-corrected chi connectivity index (χ2v) is 9.79. The molecule has 0 spiro atoms. The number of benzene rings is 6. The largest absolute Gasteiger partial charge is 0.207 e. The van der Waals surface area contributed by atoms with E-state index in [1.54, 1.807) is 24.3 Å². The molecule has 40 heavy (non-hydrogen) atoms. The first-order chi connectivity index (χ1) is 19.5. The maximum absolute atomic E-state index is 14.2. The van der Waals surface area contributed by atoms with Gasteiger partial charge in [0.1, 0.15) is 17.5 Å². The van der Waals surface area contributed by atoms with Crippen molar-refractivity contribution in [1.82, 2.24) is 0 Å². The van der Waals surface area contributed by atoms with Crippen molar-refractivity contribution in [2.24, 2.45) is 0 Å². The first-order valence-electron chi connectivity index (χ1n) is 13.1. The smallest absolute Gasteiger partial charge is 0.123 e. The Morgan fingerprint density at radius 3 is 0.875 bits per heavy atom. The van der Waals surface area contributed by atoms with Gasteiger partial charge in [-0.15, -0.1) is 0 Å². The van der Waals surface area contributed by atoms with Gasteiger partial charge in [-0.05, 0) is 80.9 Å². The van der Waals surface area contributed by atoms with Crippen LogP contribution in [0.4, 0.5) is 13.2 Å². The molecule has 0 aromatic heterocycles. The molecule has 6 rings (SSSR count). The molecule has 3 heteroatoms. The quantitative estimate of drug-likeness (QED) is 0.190. The molecule has 0 aliphatic carbocycles. The van der Waals surface area contributed by atoms with E-state index in [4.69, 9.17) is 0 Å². The maximum atomic E-state index is 14.2. The number of rotatable bonds is 6. The first kappa shape index (κ1) is 25.4. The van der Waals surface area contributed by atoms with E-state index in [0.717, 1.165) is 44.5 Å². The number of hydrogen-bond acceptors (Lipinski definition) is 0. The minimum atomic E-state index is -0.752. The molecule has 0 radical (unpaired) electrons. The van der Waals surface area contributed by atoms with Crippen LogP contribution in [0.5, 0.6) is 0 Å². The lowest BCUT2D eigenvalue weighted by molar-refractivity contribution is 0.624. The summed E-state index contributed by atoms with van der Waals surface area (Å²) in [4.78, 5) is 0. The van der Waals surface area contributed by atoms with Crippen molar-refractivity contribution in [3.63, 3.8) is 0 Å². The summed E-state index contributed by atoms with van der Waals surface area (Å²) in [5, 5.41) is 0. The molecule has 0 unspecified atom stereocenters. The standard InChI is InChI=1S/C37H25F3/c38-34-20-10-28(11-21-34)26-6-14-31(15-7-26)37(30-4-2-1-3-5-30,33-18-24-36(40)25-19-33)32-16-8-27(9-17-32)29-12-22-35(39)23-13-29/h1-25H. The van der Waals surface area contributed by atoms with Gasteiger partial charge in [-0.2, -0.15) is 0 Å². The van der Waals surface area contributed by atoms with E-state index in [1.807, 2.05) is 54.6 Å². The van der Waals surface area contributed by atoms with E-state index in [9.17, 15) is 13.2 Å². The van der Waals surface area contributed by atoms with E-state index in [0.29, 0.717) is 0 Å². The highest BCUT2D eigenvalue weighted by Gasteiger charge is 2.38. The third-order valence-corrected chi connectivity index (χ3v) is 7.47. The zero-order chi connectivity index (χ0) is 27.5. The van der Waals surface area contributed by atoms with Gasteiger partial charge in [-0.25, -0.2) is 13.2 Å². The summed E-state index contributed by atoms with van der Waals surface area (Å²) in [6.45, 7) is 0. The fraction of sp³-hybridized carbons (Fsp3) is 0.0270. The molecular weight excluding hydrogens is 501 g/mol. The Morgan fingerprint density at radius 1 is 0.275 bits per heavy atom. The van der Waals surface area contributed by atoms with Gasteiger partial charge in [0.05, 0.1) is 5.41 Å². The van der Waals surface area contributed by atoms with Crippen molar-refractivity contribution >= 4 is 0 Å². The van der Waals surface area contributed by atoms with Crippen LogP contribution in [0, 0.1) is 17.5 Å². The number of hydrogen-bond donors (Lipinski definition) is 0. The second kappa shape index (κ2) is 10.7. The van der Waals surface area contributed by atoms with Gasteiger partial charge in [0.25, 0.3) is 0 Å². The van der Waals surface area contributed by atoms with Gasteiger partial charge in [-0.3, -0.25) is 0 Å². The summed E-state index contributed by atoms with van der Waals surface area (Å²) in [6, 6.07) is 46.2. The predicted molar refractivity (Wildman–Crippen MR) is 155 cm³/mol. The molecule has 0 N–H and O–H groups in total. The van der Waals surface area contributed by atoms with E-state index in [1.165, 1.54) is 36.4 Å². The molecule has 0 fully saturated rings. The van der Waals surface area contributed by atoms with Crippen LogP contribution in [0.25, 0.3) is 22.3 Å². The lowest BCUT2D eigenvalue weighted by Gasteiger charge is -2.37. The zero-order valence-corrected chi connectivity index (χ0v) is 21.6. The minimum absolute atomic E-state index is 0.274. The third kappa shape index (κ3) is 4.71. The van der Waals surface area contributed by atoms with Crippen LogP contribution < -0.4 is 0 Å². The molecule has 0 aliphatic rings. The number of halogens is 3. The highest BCUT2D eigenvalue weighted by Crippen LogP contribution is 2.46. The van der Waals surface area contributed by atoms with Gasteiger partial charge in [0, 0.05) is 0 Å². The molecule has 0 saturated heterocycles. The SMILES string of the molecule is Fc1ccc(-c2ccc(C(c3ccccc3)(c3ccc(F)cc3)c3ccc(-c4ccc(F)cc4)cc3)cc2)cc1. The summed E-state index contributed by atoms with van der Waals surface area (Å²) >= 11 is 0. The van der Waals surface area contributed by atoms with Crippen molar-refractivity contribution in [3.8, 4) is 22.3 Å². The Kier molecular flexibility index (Phi) is 6.79. The summed E-state index contributed by atoms with van der Waals surface area (Å²) < 4.78 is 41.2. The van der Waals surface area contributed by atoms with Crippen LogP contribution in [0.2, 0.25) is 0 Å². The Hall–Kier alpha value is -4.89. The topological polar surface area (TPSA) is 0 Å². The predicted octanol–water partition coefficient (Wildman–Crippen LogP) is 9.82. The summed E-state index contributed by atoms with van der Waals surface area (Å²) in [5.41, 5.74) is 6.99. The van der Waals surface area contributed by atoms with Crippen LogP contribution in [0.15, 0.2) is 152 Å². The second-order valence-electron chi connectivity index (χ2n) is 9.79. The highest BCUT2D eigenvalue weighted by atomic mass is 19.1. The fourth-order valence-electron chi connectivity index (χ4n) is 5.50. The van der Waals surface area contributed by atoms with Crippen LogP contribution in [0.1, 0.15) is 22.3 Å². The molecule has 0 bridgehead atoms. The average molecular weight is 527 g/mol. The molecule has 0 atom stereocenters. The summed E-state index contributed by atoms with van der Waals surface area (Å²) in [7, 11) is 0. The zero-order valence-electron chi connectivity index (χ0n) is 21.6. The van der Waals surface area contributed by atoms with E-state index in [2.05, 4.69) is 36.4 Å². The van der Waals surface area contributed by atoms with Gasteiger partial charge in [-0.1, -0.05) is 115 Å². The third-order valence-electron chi connectivity index (χ3n) is 7.47. The van der Waals surface area contributed by atoms with Crippen LogP contribution in [-0.2, 0) is 5.41 Å². The molecule has 0 amide bonds. The van der Waals surface area contributed by atoms with E-state index in [-0.39, 0.29) is 17.5 Å². The maximum Gasteiger partial charge on any atom is 0.123 e. The van der Waals surface area contributed by atoms with Crippen LogP contribution in [0.3, 0.4) is 0 Å². The van der Waals surface area contributed by atoms with Crippen molar-refractivity contribution in [3.05, 3.63) is 191 Å². The van der Waals surface area contributed by atoms with Crippen molar-refractivity contribution in [2.45, 2.75) is 5.41 Å². The molecule has 0 aliphatic heterocycles. The van der Waals surface area contributed by atoms with E-state index < -0.39 is 5.41 Å². The molecular formula is C37H25F3. The highest BCUT2D eigenvalue weighted by molar-refractivity contribution is 5.69. The lowest BCUT2D eigenvalue weighted by Crippen LogP contribution is -2.31. The monoisotopic (exact) mass is 526 g/mol. The minimum Gasteiger partial charge on any atom is -0.207 e. The first-order valence-corrected chi connectivity index (χ1v) is 13.1. The molecule has 0 heterocycles. The molecule has 0 nitrogen and oxygen atoms in total. The Balaban J connectivity index is 1.56. The van der Waals surface area contributed by atoms with Gasteiger partial charge >= 0.3 is 0 Å². The molecule has 0 saturated carbocycles. The molecule has 194 valence electrons. The van der Waals surface area contributed by atoms with Gasteiger partial charge in [0.15, 0.2) is 0 Å². The van der Waals surface area contributed by atoms with Gasteiger partial charge in [0.2, 0.25) is 0 Å². The Bertz CT molecular complexity index is 1610.